The van der Waals surface area contributed by atoms with Crippen LogP contribution in [0.3, 0.4) is 0 Å². The van der Waals surface area contributed by atoms with E-state index in [1.54, 1.807) is 0 Å². The summed E-state index contributed by atoms with van der Waals surface area (Å²) < 4.78 is 5.71. The highest BCUT2D eigenvalue weighted by molar-refractivity contribution is 5.77. The lowest BCUT2D eigenvalue weighted by Gasteiger charge is -2.35. The maximum Gasteiger partial charge on any atom is 0.248 e. The van der Waals surface area contributed by atoms with Gasteiger partial charge in [0.05, 0.1) is 6.61 Å². The molecule has 0 aliphatic heterocycles. The lowest BCUT2D eigenvalue weighted by molar-refractivity contribution is -0.140. The van der Waals surface area contributed by atoms with Crippen LogP contribution in [-0.2, 0) is 16.1 Å². The minimum absolute atomic E-state index is 0.129. The molecule has 1 amide bonds. The Morgan fingerprint density at radius 3 is 2.52 bits per heavy atom. The normalized spacial score (nSPS) is 25.5. The van der Waals surface area contributed by atoms with Crippen LogP contribution in [0.1, 0.15) is 39.2 Å². The highest BCUT2D eigenvalue weighted by atomic mass is 16.5. The van der Waals surface area contributed by atoms with Gasteiger partial charge in [-0.15, -0.1) is 0 Å². The Morgan fingerprint density at radius 1 is 1.16 bits per heavy atom. The first-order valence-electron chi connectivity index (χ1n) is 9.64. The van der Waals surface area contributed by atoms with Crippen LogP contribution < -0.4 is 0 Å². The van der Waals surface area contributed by atoms with Crippen molar-refractivity contribution in [2.45, 2.75) is 46.3 Å². The van der Waals surface area contributed by atoms with Gasteiger partial charge in [-0.3, -0.25) is 4.79 Å². The summed E-state index contributed by atoms with van der Waals surface area (Å²) in [5.41, 5.74) is 1.11. The summed E-state index contributed by atoms with van der Waals surface area (Å²) in [6.45, 7) is 8.09. The summed E-state index contributed by atoms with van der Waals surface area (Å²) in [5.74, 6) is 2.62. The van der Waals surface area contributed by atoms with Gasteiger partial charge in [0, 0.05) is 12.6 Å². The van der Waals surface area contributed by atoms with E-state index in [-0.39, 0.29) is 18.6 Å². The summed E-state index contributed by atoms with van der Waals surface area (Å²) in [4.78, 5) is 14.9. The lowest BCUT2D eigenvalue weighted by atomic mass is 9.91. The van der Waals surface area contributed by atoms with Crippen molar-refractivity contribution < 1.29 is 9.53 Å². The predicted molar refractivity (Wildman–Crippen MR) is 101 cm³/mol. The maximum atomic E-state index is 12.9. The molecule has 4 unspecified atom stereocenters. The summed E-state index contributed by atoms with van der Waals surface area (Å²) in [6.07, 6.45) is 7.25. The largest absolute Gasteiger partial charge is 0.367 e. The first-order valence-corrected chi connectivity index (χ1v) is 9.64. The molecule has 0 spiro atoms. The van der Waals surface area contributed by atoms with Gasteiger partial charge in [0.15, 0.2) is 0 Å². The fourth-order valence-electron chi connectivity index (χ4n) is 4.13. The molecule has 1 aromatic rings. The van der Waals surface area contributed by atoms with Crippen LogP contribution in [0.5, 0.6) is 0 Å². The highest BCUT2D eigenvalue weighted by Crippen LogP contribution is 2.43. The lowest BCUT2D eigenvalue weighted by Crippen LogP contribution is -2.46. The molecule has 1 aromatic carbocycles. The molecular formula is C22H31NO2. The summed E-state index contributed by atoms with van der Waals surface area (Å²) >= 11 is 0. The molecule has 4 atom stereocenters. The number of amides is 1. The third-order valence-corrected chi connectivity index (χ3v) is 5.96. The Kier molecular flexibility index (Phi) is 5.95. The van der Waals surface area contributed by atoms with Gasteiger partial charge in [-0.1, -0.05) is 56.3 Å². The quantitative estimate of drug-likeness (QED) is 0.660. The minimum atomic E-state index is 0.129. The first kappa shape index (κ1) is 18.2. The molecule has 0 radical (unpaired) electrons. The van der Waals surface area contributed by atoms with Gasteiger partial charge >= 0.3 is 0 Å². The fraction of sp³-hybridized carbons (Fsp3) is 0.591. The maximum absolute atomic E-state index is 12.9. The topological polar surface area (TPSA) is 29.5 Å². The second-order valence-corrected chi connectivity index (χ2v) is 8.05. The Labute approximate surface area is 152 Å². The molecule has 1 saturated carbocycles. The number of carbonyl (C=O) groups is 1. The molecule has 0 N–H and O–H groups in total. The highest BCUT2D eigenvalue weighted by Gasteiger charge is 2.38. The predicted octanol–water partition coefficient (Wildman–Crippen LogP) is 4.29. The molecule has 2 aliphatic carbocycles. The molecular weight excluding hydrogens is 310 g/mol. The Balaban J connectivity index is 1.56. The third kappa shape index (κ3) is 4.52. The average molecular weight is 341 g/mol. The van der Waals surface area contributed by atoms with Gasteiger partial charge in [0.1, 0.15) is 6.61 Å². The summed E-state index contributed by atoms with van der Waals surface area (Å²) in [6, 6.07) is 10.3. The van der Waals surface area contributed by atoms with Crippen molar-refractivity contribution in [2.75, 3.05) is 13.2 Å². The summed E-state index contributed by atoms with van der Waals surface area (Å²) in [5, 5.41) is 0. The van der Waals surface area contributed by atoms with Crippen molar-refractivity contribution in [3.05, 3.63) is 48.0 Å². The number of nitrogens with zero attached hydrogens (tertiary/aromatic N) is 1. The van der Waals surface area contributed by atoms with Crippen molar-refractivity contribution in [3.8, 4) is 0 Å². The van der Waals surface area contributed by atoms with Gasteiger partial charge in [-0.2, -0.15) is 0 Å². The number of allylic oxidation sites excluding steroid dienone is 2. The van der Waals surface area contributed by atoms with Crippen LogP contribution in [-0.4, -0.2) is 30.0 Å². The van der Waals surface area contributed by atoms with Gasteiger partial charge in [0.2, 0.25) is 5.91 Å². The van der Waals surface area contributed by atoms with Crippen molar-refractivity contribution in [1.82, 2.24) is 4.90 Å². The van der Waals surface area contributed by atoms with Crippen LogP contribution in [0, 0.1) is 23.7 Å². The van der Waals surface area contributed by atoms with E-state index in [0.29, 0.717) is 24.4 Å². The first-order chi connectivity index (χ1) is 12.0. The van der Waals surface area contributed by atoms with Gasteiger partial charge in [0.25, 0.3) is 0 Å². The number of fused-ring (bicyclic) bond motifs is 2. The van der Waals surface area contributed by atoms with E-state index in [2.05, 4.69) is 37.8 Å². The standard InChI is InChI=1S/C22H31NO2/c1-16(2)17(3)23(13-21-12-19-9-10-20(21)11-19)22(24)15-25-14-18-7-5-4-6-8-18/h4-10,16-17,19-21H,11-15H2,1-3H3. The molecule has 3 nitrogen and oxygen atoms in total. The van der Waals surface area contributed by atoms with Gasteiger partial charge in [-0.05, 0) is 49.0 Å². The molecule has 3 rings (SSSR count). The van der Waals surface area contributed by atoms with E-state index in [1.165, 1.54) is 12.8 Å². The zero-order valence-corrected chi connectivity index (χ0v) is 15.7. The average Bonchev–Trinajstić information content (AvgIpc) is 3.22. The van der Waals surface area contributed by atoms with Crippen molar-refractivity contribution in [2.24, 2.45) is 23.7 Å². The zero-order chi connectivity index (χ0) is 17.8. The molecule has 0 saturated heterocycles. The van der Waals surface area contributed by atoms with E-state index in [4.69, 9.17) is 4.74 Å². The molecule has 2 bridgehead atoms. The molecule has 25 heavy (non-hydrogen) atoms. The molecule has 3 heteroatoms. The molecule has 0 aromatic heterocycles. The van der Waals surface area contributed by atoms with Crippen molar-refractivity contribution >= 4 is 5.91 Å². The van der Waals surface area contributed by atoms with Crippen LogP contribution in [0.2, 0.25) is 0 Å². The Bertz CT molecular complexity index is 595. The molecule has 136 valence electrons. The summed E-state index contributed by atoms with van der Waals surface area (Å²) in [7, 11) is 0. The molecule has 0 heterocycles. The van der Waals surface area contributed by atoms with E-state index < -0.39 is 0 Å². The third-order valence-electron chi connectivity index (χ3n) is 5.96. The van der Waals surface area contributed by atoms with E-state index in [1.807, 2.05) is 30.3 Å². The van der Waals surface area contributed by atoms with Crippen LogP contribution >= 0.6 is 0 Å². The Hall–Kier alpha value is -1.61. The van der Waals surface area contributed by atoms with Crippen LogP contribution in [0.25, 0.3) is 0 Å². The van der Waals surface area contributed by atoms with Crippen molar-refractivity contribution in [1.29, 1.82) is 0 Å². The SMILES string of the molecule is CC(C)C(C)N(CC1CC2C=CC1C2)C(=O)COCc1ccccc1. The van der Waals surface area contributed by atoms with Crippen LogP contribution in [0.4, 0.5) is 0 Å². The molecule has 2 aliphatic rings. The van der Waals surface area contributed by atoms with Gasteiger partial charge in [-0.25, -0.2) is 0 Å². The zero-order valence-electron chi connectivity index (χ0n) is 15.7. The Morgan fingerprint density at radius 2 is 1.92 bits per heavy atom. The van der Waals surface area contributed by atoms with Crippen LogP contribution in [0.15, 0.2) is 42.5 Å². The number of rotatable bonds is 8. The van der Waals surface area contributed by atoms with Crippen molar-refractivity contribution in [3.63, 3.8) is 0 Å². The van der Waals surface area contributed by atoms with E-state index in [0.717, 1.165) is 18.0 Å². The second-order valence-electron chi connectivity index (χ2n) is 8.05. The monoisotopic (exact) mass is 341 g/mol. The molecule has 1 fully saturated rings. The smallest absolute Gasteiger partial charge is 0.248 e. The number of benzene rings is 1. The van der Waals surface area contributed by atoms with Gasteiger partial charge < -0.3 is 9.64 Å². The number of hydrogen-bond acceptors (Lipinski definition) is 2. The number of hydrogen-bond donors (Lipinski definition) is 0. The fourth-order valence-corrected chi connectivity index (χ4v) is 4.13. The number of carbonyl (C=O) groups excluding carboxylic acids is 1. The second kappa shape index (κ2) is 8.18. The number of ether oxygens (including phenoxy) is 1. The van der Waals surface area contributed by atoms with E-state index in [9.17, 15) is 4.79 Å². The van der Waals surface area contributed by atoms with E-state index >= 15 is 0 Å². The minimum Gasteiger partial charge on any atom is -0.367 e.